The number of unbranched alkanes of at least 4 members (excludes halogenated alkanes) is 2. The lowest BCUT2D eigenvalue weighted by Gasteiger charge is -2.26. The summed E-state index contributed by atoms with van der Waals surface area (Å²) in [5.41, 5.74) is 0.344. The van der Waals surface area contributed by atoms with Crippen molar-refractivity contribution in [2.75, 3.05) is 30.3 Å². The van der Waals surface area contributed by atoms with Gasteiger partial charge in [-0.05, 0) is 56.0 Å². The minimum absolute atomic E-state index is 0.130. The van der Waals surface area contributed by atoms with E-state index in [2.05, 4.69) is 12.2 Å². The Kier molecular flexibility index (Phi) is 9.52. The number of ether oxygens (including phenoxy) is 1. The molecular weight excluding hydrogens is 420 g/mol. The number of hydrogen-bond acceptors (Lipinski definition) is 5. The van der Waals surface area contributed by atoms with Gasteiger partial charge in [-0.3, -0.25) is 9.10 Å². The number of benzene rings is 2. The van der Waals surface area contributed by atoms with Crippen molar-refractivity contribution in [3.63, 3.8) is 0 Å². The Morgan fingerprint density at radius 1 is 1.07 bits per heavy atom. The van der Waals surface area contributed by atoms with Crippen molar-refractivity contribution in [2.45, 2.75) is 42.9 Å². The summed E-state index contributed by atoms with van der Waals surface area (Å²) >= 11 is 1.53. The summed E-state index contributed by atoms with van der Waals surface area (Å²) in [6.45, 7) is 4.51. The molecule has 2 aromatic rings. The first-order chi connectivity index (χ1) is 14.4. The van der Waals surface area contributed by atoms with Gasteiger partial charge in [0.1, 0.15) is 12.3 Å². The highest BCUT2D eigenvalue weighted by Gasteiger charge is 2.29. The molecule has 0 heterocycles. The molecule has 1 amide bonds. The number of nitrogens with zero attached hydrogens (tertiary/aromatic N) is 1. The molecule has 0 aliphatic heterocycles. The normalized spacial score (nSPS) is 11.2. The first-order valence-electron chi connectivity index (χ1n) is 10.1. The van der Waals surface area contributed by atoms with Crippen LogP contribution in [-0.4, -0.2) is 40.3 Å². The second-order valence-electron chi connectivity index (χ2n) is 6.65. The molecule has 2 aromatic carbocycles. The van der Waals surface area contributed by atoms with E-state index in [1.807, 2.05) is 13.2 Å². The Balaban J connectivity index is 2.38. The zero-order chi connectivity index (χ0) is 22.0. The van der Waals surface area contributed by atoms with Crippen LogP contribution in [0.2, 0.25) is 0 Å². The fourth-order valence-electron chi connectivity index (χ4n) is 2.90. The molecule has 6 nitrogen and oxygen atoms in total. The van der Waals surface area contributed by atoms with E-state index in [4.69, 9.17) is 4.74 Å². The van der Waals surface area contributed by atoms with Crippen molar-refractivity contribution in [3.05, 3.63) is 48.5 Å². The Labute approximate surface area is 184 Å². The van der Waals surface area contributed by atoms with E-state index >= 15 is 0 Å². The Hall–Kier alpha value is -2.19. The second kappa shape index (κ2) is 11.9. The van der Waals surface area contributed by atoms with Crippen LogP contribution in [0.25, 0.3) is 0 Å². The van der Waals surface area contributed by atoms with Crippen LogP contribution in [0.4, 0.5) is 5.69 Å². The average Bonchev–Trinajstić information content (AvgIpc) is 2.76. The van der Waals surface area contributed by atoms with Gasteiger partial charge < -0.3 is 10.1 Å². The summed E-state index contributed by atoms with van der Waals surface area (Å²) in [6, 6.07) is 13.5. The molecule has 0 aromatic heterocycles. The van der Waals surface area contributed by atoms with Crippen LogP contribution in [0.5, 0.6) is 5.75 Å². The molecule has 0 radical (unpaired) electrons. The van der Waals surface area contributed by atoms with Crippen LogP contribution in [0.1, 0.15) is 33.1 Å². The van der Waals surface area contributed by atoms with Crippen molar-refractivity contribution in [1.29, 1.82) is 0 Å². The highest BCUT2D eigenvalue weighted by molar-refractivity contribution is 7.98. The van der Waals surface area contributed by atoms with Gasteiger partial charge >= 0.3 is 0 Å². The number of carbonyl (C=O) groups is 1. The van der Waals surface area contributed by atoms with Crippen molar-refractivity contribution in [3.8, 4) is 5.75 Å². The van der Waals surface area contributed by atoms with E-state index in [1.165, 1.54) is 11.8 Å². The van der Waals surface area contributed by atoms with Gasteiger partial charge in [0, 0.05) is 11.4 Å². The van der Waals surface area contributed by atoms with Crippen LogP contribution in [-0.2, 0) is 14.8 Å². The van der Waals surface area contributed by atoms with Crippen LogP contribution in [0.15, 0.2) is 58.3 Å². The third-order valence-corrected chi connectivity index (χ3v) is 6.99. The van der Waals surface area contributed by atoms with Gasteiger partial charge in [-0.1, -0.05) is 31.9 Å². The maximum Gasteiger partial charge on any atom is 0.264 e. The number of nitrogens with one attached hydrogen (secondary N) is 1. The molecule has 0 saturated heterocycles. The topological polar surface area (TPSA) is 75.7 Å². The molecule has 164 valence electrons. The quantitative estimate of drug-likeness (QED) is 0.385. The molecule has 0 aliphatic carbocycles. The van der Waals surface area contributed by atoms with E-state index in [0.29, 0.717) is 24.6 Å². The van der Waals surface area contributed by atoms with Crippen LogP contribution < -0.4 is 14.4 Å². The number of carbonyl (C=O) groups excluding carboxylic acids is 1. The predicted octanol–water partition coefficient (Wildman–Crippen LogP) is 4.31. The van der Waals surface area contributed by atoms with E-state index in [-0.39, 0.29) is 17.3 Å². The van der Waals surface area contributed by atoms with Gasteiger partial charge in [0.2, 0.25) is 5.91 Å². The summed E-state index contributed by atoms with van der Waals surface area (Å²) in [7, 11) is -3.97. The molecule has 0 spiro atoms. The highest BCUT2D eigenvalue weighted by atomic mass is 32.2. The number of thioether (sulfide) groups is 1. The summed E-state index contributed by atoms with van der Waals surface area (Å²) < 4.78 is 33.7. The monoisotopic (exact) mass is 450 g/mol. The number of para-hydroxylation sites is 2. The van der Waals surface area contributed by atoms with E-state index in [1.54, 1.807) is 48.5 Å². The lowest BCUT2D eigenvalue weighted by molar-refractivity contribution is -0.119. The van der Waals surface area contributed by atoms with Gasteiger partial charge in [-0.25, -0.2) is 8.42 Å². The molecule has 1 N–H and O–H groups in total. The summed E-state index contributed by atoms with van der Waals surface area (Å²) in [5.74, 6) is 0.0739. The van der Waals surface area contributed by atoms with Crippen LogP contribution in [0.3, 0.4) is 0 Å². The predicted molar refractivity (Wildman–Crippen MR) is 123 cm³/mol. The van der Waals surface area contributed by atoms with Crippen LogP contribution in [0, 0.1) is 0 Å². The third-order valence-electron chi connectivity index (χ3n) is 4.47. The van der Waals surface area contributed by atoms with Gasteiger partial charge in [-0.15, -0.1) is 11.8 Å². The molecule has 0 saturated carbocycles. The van der Waals surface area contributed by atoms with Gasteiger partial charge in [0.25, 0.3) is 10.0 Å². The molecule has 0 bridgehead atoms. The average molecular weight is 451 g/mol. The Bertz CT molecular complexity index is 915. The molecule has 0 fully saturated rings. The molecule has 0 atom stereocenters. The molecule has 2 rings (SSSR count). The lowest BCUT2D eigenvalue weighted by atomic mass is 10.2. The van der Waals surface area contributed by atoms with Crippen molar-refractivity contribution >= 4 is 33.4 Å². The summed E-state index contributed by atoms with van der Waals surface area (Å²) in [5, 5.41) is 2.82. The fraction of sp³-hybridized carbons (Fsp3) is 0.409. The molecular formula is C22H30N2O4S2. The largest absolute Gasteiger partial charge is 0.492 e. The van der Waals surface area contributed by atoms with Crippen LogP contribution >= 0.6 is 11.8 Å². The van der Waals surface area contributed by atoms with Gasteiger partial charge in [0.05, 0.1) is 17.2 Å². The minimum Gasteiger partial charge on any atom is -0.492 e. The first-order valence-corrected chi connectivity index (χ1v) is 12.8. The summed E-state index contributed by atoms with van der Waals surface area (Å²) in [6.07, 6.45) is 4.85. The van der Waals surface area contributed by atoms with Crippen molar-refractivity contribution < 1.29 is 17.9 Å². The first kappa shape index (κ1) is 24.1. The number of hydrogen-bond donors (Lipinski definition) is 1. The number of rotatable bonds is 12. The maximum atomic E-state index is 13.5. The second-order valence-corrected chi connectivity index (χ2v) is 9.39. The highest BCUT2D eigenvalue weighted by Crippen LogP contribution is 2.32. The Morgan fingerprint density at radius 3 is 2.40 bits per heavy atom. The van der Waals surface area contributed by atoms with Crippen molar-refractivity contribution in [1.82, 2.24) is 5.32 Å². The maximum absolute atomic E-state index is 13.5. The zero-order valence-electron chi connectivity index (χ0n) is 17.8. The molecule has 30 heavy (non-hydrogen) atoms. The minimum atomic E-state index is -3.97. The number of anilines is 1. The molecule has 0 unspecified atom stereocenters. The van der Waals surface area contributed by atoms with Gasteiger partial charge in [0.15, 0.2) is 0 Å². The number of sulfonamides is 1. The fourth-order valence-corrected chi connectivity index (χ4v) is 4.74. The lowest BCUT2D eigenvalue weighted by Crippen LogP contribution is -2.41. The van der Waals surface area contributed by atoms with Crippen molar-refractivity contribution in [2.24, 2.45) is 0 Å². The SMILES string of the molecule is CCCCCNC(=O)CN(c1ccccc1OCC)S(=O)(=O)c1ccc(SC)cc1. The molecule has 0 aliphatic rings. The molecule has 8 heteroatoms. The standard InChI is InChI=1S/C22H30N2O4S2/c1-4-6-9-16-23-22(25)17-24(20-10-7-8-11-21(20)28-5-2)30(26,27)19-14-12-18(29-3)13-15-19/h7-8,10-15H,4-6,9,16-17H2,1-3H3,(H,23,25). The number of amides is 1. The summed E-state index contributed by atoms with van der Waals surface area (Å²) in [4.78, 5) is 13.7. The van der Waals surface area contributed by atoms with E-state index < -0.39 is 10.0 Å². The smallest absolute Gasteiger partial charge is 0.264 e. The Morgan fingerprint density at radius 2 is 1.77 bits per heavy atom. The van der Waals surface area contributed by atoms with E-state index in [0.717, 1.165) is 28.5 Å². The third kappa shape index (κ3) is 6.40. The van der Waals surface area contributed by atoms with E-state index in [9.17, 15) is 13.2 Å². The van der Waals surface area contributed by atoms with Gasteiger partial charge in [-0.2, -0.15) is 0 Å². The zero-order valence-corrected chi connectivity index (χ0v) is 19.4.